The lowest BCUT2D eigenvalue weighted by Crippen LogP contribution is -1.89. The predicted octanol–water partition coefficient (Wildman–Crippen LogP) is 1.74. The van der Waals surface area contributed by atoms with Crippen molar-refractivity contribution in [3.05, 3.63) is 35.9 Å². The summed E-state index contributed by atoms with van der Waals surface area (Å²) in [5.74, 6) is -1.26. The normalized spacial score (nSPS) is 12.0. The molecular weight excluding hydrogens is 191 g/mol. The molecule has 0 aliphatic heterocycles. The molecule has 0 fully saturated rings. The fraction of sp³-hybridized carbons (Fsp3) is 0.143. The van der Waals surface area contributed by atoms with Crippen LogP contribution < -0.4 is 12.3 Å². The van der Waals surface area contributed by atoms with Gasteiger partial charge >= 0.3 is 13.9 Å². The van der Waals surface area contributed by atoms with Gasteiger partial charge in [0.2, 0.25) is 0 Å². The zero-order valence-electron chi connectivity index (χ0n) is 7.13. The molecule has 0 aliphatic rings. The van der Waals surface area contributed by atoms with Crippen molar-refractivity contribution in [2.24, 2.45) is 0 Å². The summed E-state index contributed by atoms with van der Waals surface area (Å²) < 4.78 is 10.4. The topological polar surface area (TPSA) is 128 Å². The molecule has 13 heavy (non-hydrogen) atoms. The molecule has 0 saturated heterocycles. The number of aliphatic hydroxyl groups is 1. The SMILES string of the molecule is N.N.O=[P+](O)C(O)c1ccccc1. The van der Waals surface area contributed by atoms with E-state index in [-0.39, 0.29) is 12.3 Å². The van der Waals surface area contributed by atoms with Crippen molar-refractivity contribution in [1.82, 2.24) is 12.3 Å². The van der Waals surface area contributed by atoms with Gasteiger partial charge in [-0.25, -0.2) is 0 Å². The maximum absolute atomic E-state index is 10.4. The van der Waals surface area contributed by atoms with Crippen molar-refractivity contribution in [2.45, 2.75) is 5.85 Å². The minimum atomic E-state index is -2.53. The molecule has 1 rings (SSSR count). The number of hydrogen-bond acceptors (Lipinski definition) is 4. The van der Waals surface area contributed by atoms with Gasteiger partial charge in [0.1, 0.15) is 0 Å². The summed E-state index contributed by atoms with van der Waals surface area (Å²) >= 11 is 0. The highest BCUT2D eigenvalue weighted by Gasteiger charge is 2.27. The molecular formula is C7H14N2O3P+. The van der Waals surface area contributed by atoms with Crippen molar-refractivity contribution in [1.29, 1.82) is 0 Å². The van der Waals surface area contributed by atoms with Gasteiger partial charge < -0.3 is 17.4 Å². The summed E-state index contributed by atoms with van der Waals surface area (Å²) in [6.45, 7) is 0. The molecule has 1 aromatic rings. The first-order chi connectivity index (χ1) is 5.22. The number of hydrogen-bond donors (Lipinski definition) is 4. The number of benzene rings is 1. The monoisotopic (exact) mass is 205 g/mol. The van der Waals surface area contributed by atoms with Gasteiger partial charge in [-0.1, -0.05) is 30.3 Å². The summed E-state index contributed by atoms with van der Waals surface area (Å²) in [5, 5.41) is 9.06. The van der Waals surface area contributed by atoms with E-state index in [0.29, 0.717) is 5.56 Å². The van der Waals surface area contributed by atoms with Crippen LogP contribution in [0.15, 0.2) is 30.3 Å². The van der Waals surface area contributed by atoms with Crippen LogP contribution in [0, 0.1) is 0 Å². The van der Waals surface area contributed by atoms with E-state index in [4.69, 9.17) is 10.00 Å². The lowest BCUT2D eigenvalue weighted by atomic mass is 10.2. The van der Waals surface area contributed by atoms with Crippen molar-refractivity contribution < 1.29 is 14.6 Å². The van der Waals surface area contributed by atoms with Crippen LogP contribution in [0.25, 0.3) is 0 Å². The van der Waals surface area contributed by atoms with Gasteiger partial charge in [-0.05, 0) is 4.57 Å². The van der Waals surface area contributed by atoms with E-state index in [9.17, 15) is 4.57 Å². The van der Waals surface area contributed by atoms with Crippen LogP contribution in [0.3, 0.4) is 0 Å². The van der Waals surface area contributed by atoms with Crippen LogP contribution in [0.5, 0.6) is 0 Å². The molecule has 2 unspecified atom stereocenters. The van der Waals surface area contributed by atoms with E-state index in [2.05, 4.69) is 0 Å². The first-order valence-corrected chi connectivity index (χ1v) is 4.38. The Labute approximate surface area is 77.4 Å². The first-order valence-electron chi connectivity index (χ1n) is 3.10. The van der Waals surface area contributed by atoms with Crippen LogP contribution >= 0.6 is 8.03 Å². The molecule has 0 heterocycles. The molecule has 0 bridgehead atoms. The predicted molar refractivity (Wildman–Crippen MR) is 51.3 cm³/mol. The van der Waals surface area contributed by atoms with E-state index < -0.39 is 13.9 Å². The lowest BCUT2D eigenvalue weighted by Gasteiger charge is -1.94. The molecule has 0 aromatic heterocycles. The van der Waals surface area contributed by atoms with E-state index in [1.165, 1.54) is 0 Å². The first kappa shape index (κ1) is 14.7. The summed E-state index contributed by atoms with van der Waals surface area (Å²) in [5.41, 5.74) is 0.469. The van der Waals surface area contributed by atoms with E-state index in [1.54, 1.807) is 30.3 Å². The summed E-state index contributed by atoms with van der Waals surface area (Å²) in [6, 6.07) is 8.40. The fourth-order valence-corrected chi connectivity index (χ4v) is 1.18. The summed E-state index contributed by atoms with van der Waals surface area (Å²) in [4.78, 5) is 8.53. The third kappa shape index (κ3) is 4.07. The van der Waals surface area contributed by atoms with Crippen LogP contribution in [-0.4, -0.2) is 10.00 Å². The Balaban J connectivity index is 0. The van der Waals surface area contributed by atoms with E-state index in [0.717, 1.165) is 0 Å². The van der Waals surface area contributed by atoms with Crippen LogP contribution in [-0.2, 0) is 4.57 Å². The molecule has 0 spiro atoms. The highest BCUT2D eigenvalue weighted by Crippen LogP contribution is 2.34. The van der Waals surface area contributed by atoms with Crippen molar-refractivity contribution >= 4 is 8.03 Å². The molecule has 8 N–H and O–H groups in total. The highest BCUT2D eigenvalue weighted by molar-refractivity contribution is 7.38. The third-order valence-electron chi connectivity index (χ3n) is 1.31. The quantitative estimate of drug-likeness (QED) is 0.546. The molecule has 0 saturated carbocycles. The van der Waals surface area contributed by atoms with Crippen molar-refractivity contribution in [3.8, 4) is 0 Å². The molecule has 0 radical (unpaired) electrons. The van der Waals surface area contributed by atoms with Gasteiger partial charge in [0.05, 0.1) is 0 Å². The minimum Gasteiger partial charge on any atom is -0.345 e. The molecule has 0 aliphatic carbocycles. The molecule has 6 heteroatoms. The smallest absolute Gasteiger partial charge is 0.345 e. The van der Waals surface area contributed by atoms with Crippen molar-refractivity contribution in [2.75, 3.05) is 0 Å². The lowest BCUT2D eigenvalue weighted by molar-refractivity contribution is 0.243. The minimum absolute atomic E-state index is 0. The fourth-order valence-electron chi connectivity index (χ4n) is 0.753. The van der Waals surface area contributed by atoms with Gasteiger partial charge in [-0.15, -0.1) is 0 Å². The zero-order chi connectivity index (χ0) is 8.27. The van der Waals surface area contributed by atoms with Gasteiger partial charge in [0, 0.05) is 5.56 Å². The van der Waals surface area contributed by atoms with E-state index >= 15 is 0 Å². The highest BCUT2D eigenvalue weighted by atomic mass is 31.1. The molecule has 74 valence electrons. The van der Waals surface area contributed by atoms with Crippen molar-refractivity contribution in [3.63, 3.8) is 0 Å². The average molecular weight is 205 g/mol. The second-order valence-corrected chi connectivity index (χ2v) is 3.18. The Kier molecular flexibility index (Phi) is 7.51. The largest absolute Gasteiger partial charge is 0.542 e. The average Bonchev–Trinajstić information content (AvgIpc) is 2.05. The van der Waals surface area contributed by atoms with Crippen LogP contribution in [0.4, 0.5) is 0 Å². The maximum atomic E-state index is 10.4. The molecule has 2 atom stereocenters. The second kappa shape index (κ2) is 6.65. The Morgan fingerprint density at radius 3 is 2.00 bits per heavy atom. The standard InChI is InChI=1S/C7H7O3P.2H3N/c8-7(11(9)10)6-4-2-1-3-5-6;;/h1-5,7-8H;2*1H3/p+1. The Morgan fingerprint density at radius 2 is 1.62 bits per heavy atom. The maximum Gasteiger partial charge on any atom is 0.542 e. The molecule has 1 aromatic carbocycles. The van der Waals surface area contributed by atoms with E-state index in [1.807, 2.05) is 0 Å². The zero-order valence-corrected chi connectivity index (χ0v) is 8.02. The van der Waals surface area contributed by atoms with Gasteiger partial charge in [0.15, 0.2) is 0 Å². The third-order valence-corrected chi connectivity index (χ3v) is 2.02. The second-order valence-electron chi connectivity index (χ2n) is 2.09. The Hall–Kier alpha value is -0.840. The molecule has 0 amide bonds. The van der Waals surface area contributed by atoms with Gasteiger partial charge in [0.25, 0.3) is 0 Å². The van der Waals surface area contributed by atoms with Crippen LogP contribution in [0.2, 0.25) is 0 Å². The van der Waals surface area contributed by atoms with Crippen LogP contribution in [0.1, 0.15) is 11.4 Å². The number of aliphatic hydroxyl groups excluding tert-OH is 1. The number of rotatable bonds is 2. The Morgan fingerprint density at radius 1 is 1.15 bits per heavy atom. The summed E-state index contributed by atoms with van der Waals surface area (Å²) in [7, 11) is -2.53. The summed E-state index contributed by atoms with van der Waals surface area (Å²) in [6.07, 6.45) is 0. The molecule has 5 nitrogen and oxygen atoms in total. The van der Waals surface area contributed by atoms with Gasteiger partial charge in [-0.2, -0.15) is 4.89 Å². The van der Waals surface area contributed by atoms with Gasteiger partial charge in [-0.3, -0.25) is 0 Å². The Bertz CT molecular complexity index is 255.